The molecule has 0 bridgehead atoms. The van der Waals surface area contributed by atoms with Crippen LogP contribution in [-0.4, -0.2) is 60.4 Å². The zero-order valence-corrected chi connectivity index (χ0v) is 11.2. The van der Waals surface area contributed by atoms with E-state index in [9.17, 15) is 9.90 Å². The predicted molar refractivity (Wildman–Crippen MR) is 61.2 cm³/mol. The molecular formula is C11H17ClO6. The van der Waals surface area contributed by atoms with Crippen LogP contribution in [0.15, 0.2) is 0 Å². The first kappa shape index (κ1) is 14.0. The Bertz CT molecular complexity index is 333. The van der Waals surface area contributed by atoms with Gasteiger partial charge in [0.15, 0.2) is 11.2 Å². The monoisotopic (exact) mass is 280 g/mol. The molecule has 0 spiro atoms. The lowest BCUT2D eigenvalue weighted by atomic mass is 10.1. The molecule has 0 saturated carbocycles. The van der Waals surface area contributed by atoms with Gasteiger partial charge in [0.2, 0.25) is 0 Å². The molecule has 18 heavy (non-hydrogen) atoms. The second-order valence-corrected chi connectivity index (χ2v) is 5.28. The quantitative estimate of drug-likeness (QED) is 0.581. The number of methoxy groups -OCH3 is 1. The van der Waals surface area contributed by atoms with Crippen LogP contribution < -0.4 is 0 Å². The van der Waals surface area contributed by atoms with Crippen molar-refractivity contribution in [2.24, 2.45) is 0 Å². The average Bonchev–Trinajstić information content (AvgIpc) is 2.80. The fraction of sp³-hybridized carbons (Fsp3) is 0.909. The molecule has 7 heteroatoms. The number of fused-ring (bicyclic) bond motifs is 1. The number of ether oxygens (including phenoxy) is 4. The molecule has 104 valence electrons. The van der Waals surface area contributed by atoms with Crippen LogP contribution in [0.2, 0.25) is 0 Å². The Morgan fingerprint density at radius 2 is 2.06 bits per heavy atom. The molecule has 2 aliphatic rings. The van der Waals surface area contributed by atoms with Gasteiger partial charge in [-0.25, -0.2) is 0 Å². The molecule has 5 unspecified atom stereocenters. The van der Waals surface area contributed by atoms with Crippen molar-refractivity contribution in [2.45, 2.75) is 49.4 Å². The first-order chi connectivity index (χ1) is 8.39. The first-order valence-electron chi connectivity index (χ1n) is 5.73. The van der Waals surface area contributed by atoms with Crippen LogP contribution in [0.25, 0.3) is 0 Å². The van der Waals surface area contributed by atoms with E-state index in [1.807, 2.05) is 0 Å². The van der Waals surface area contributed by atoms with Crippen LogP contribution in [0.5, 0.6) is 0 Å². The van der Waals surface area contributed by atoms with Gasteiger partial charge >= 0.3 is 5.97 Å². The van der Waals surface area contributed by atoms with Crippen molar-refractivity contribution in [3.05, 3.63) is 0 Å². The normalized spacial score (nSPS) is 39.4. The summed E-state index contributed by atoms with van der Waals surface area (Å²) >= 11 is 6.00. The summed E-state index contributed by atoms with van der Waals surface area (Å²) < 4.78 is 21.4. The predicted octanol–water partition coefficient (Wildman–Crippen LogP) is 0.0466. The third-order valence-corrected chi connectivity index (χ3v) is 3.51. The van der Waals surface area contributed by atoms with E-state index < -0.39 is 41.5 Å². The van der Waals surface area contributed by atoms with Crippen molar-refractivity contribution < 1.29 is 28.8 Å². The molecule has 0 aliphatic carbocycles. The largest absolute Gasteiger partial charge is 0.468 e. The van der Waals surface area contributed by atoms with Crippen molar-refractivity contribution in [1.29, 1.82) is 0 Å². The minimum atomic E-state index is -0.989. The van der Waals surface area contributed by atoms with E-state index >= 15 is 0 Å². The molecule has 0 aromatic heterocycles. The van der Waals surface area contributed by atoms with Gasteiger partial charge in [0.1, 0.15) is 24.4 Å². The maximum atomic E-state index is 11.5. The number of halogens is 1. The second-order valence-electron chi connectivity index (χ2n) is 4.81. The number of carbonyl (C=O) groups excluding carboxylic acids is 1. The van der Waals surface area contributed by atoms with Crippen molar-refractivity contribution >= 4 is 17.6 Å². The van der Waals surface area contributed by atoms with Crippen molar-refractivity contribution in [3.8, 4) is 0 Å². The molecule has 2 rings (SSSR count). The fourth-order valence-corrected chi connectivity index (χ4v) is 2.64. The van der Waals surface area contributed by atoms with Gasteiger partial charge in [0.05, 0.1) is 13.7 Å². The summed E-state index contributed by atoms with van der Waals surface area (Å²) in [6.07, 6.45) is -2.16. The van der Waals surface area contributed by atoms with Crippen LogP contribution in [-0.2, 0) is 23.7 Å². The molecule has 2 aliphatic heterocycles. The first-order valence-corrected chi connectivity index (χ1v) is 6.17. The Morgan fingerprint density at radius 1 is 1.44 bits per heavy atom. The molecule has 0 amide bonds. The van der Waals surface area contributed by atoms with Gasteiger partial charge in [-0.05, 0) is 13.8 Å². The number of alkyl halides is 1. The number of rotatable bonds is 3. The standard InChI is InChI=1S/C11H17ClO6/c1-11(2)17-7-5(4-13)16-8(9(7)18-11)6(12)10(14)15-3/h5-9,13H,4H2,1-3H3. The lowest BCUT2D eigenvalue weighted by Gasteiger charge is -2.24. The number of hydrogen-bond donors (Lipinski definition) is 1. The Labute approximate surface area is 110 Å². The zero-order valence-electron chi connectivity index (χ0n) is 10.5. The smallest absolute Gasteiger partial charge is 0.326 e. The lowest BCUT2D eigenvalue weighted by molar-refractivity contribution is -0.192. The average molecular weight is 281 g/mol. The number of carbonyl (C=O) groups is 1. The maximum Gasteiger partial charge on any atom is 0.326 e. The number of aliphatic hydroxyl groups is 1. The van der Waals surface area contributed by atoms with E-state index in [0.717, 1.165) is 0 Å². The second kappa shape index (κ2) is 4.94. The highest BCUT2D eigenvalue weighted by molar-refractivity contribution is 6.30. The van der Waals surface area contributed by atoms with Crippen LogP contribution in [0, 0.1) is 0 Å². The molecular weight excluding hydrogens is 264 g/mol. The topological polar surface area (TPSA) is 74.2 Å². The number of hydrogen-bond acceptors (Lipinski definition) is 6. The molecule has 0 aromatic carbocycles. The highest BCUT2D eigenvalue weighted by Crippen LogP contribution is 2.40. The van der Waals surface area contributed by atoms with Crippen LogP contribution >= 0.6 is 11.6 Å². The van der Waals surface area contributed by atoms with E-state index in [2.05, 4.69) is 4.74 Å². The van der Waals surface area contributed by atoms with E-state index in [1.54, 1.807) is 13.8 Å². The van der Waals surface area contributed by atoms with Gasteiger partial charge in [-0.15, -0.1) is 11.6 Å². The maximum absolute atomic E-state index is 11.5. The minimum Gasteiger partial charge on any atom is -0.468 e. The molecule has 1 N–H and O–H groups in total. The summed E-state index contributed by atoms with van der Waals surface area (Å²) in [7, 11) is 1.25. The van der Waals surface area contributed by atoms with Crippen LogP contribution in [0.1, 0.15) is 13.8 Å². The van der Waals surface area contributed by atoms with Gasteiger partial charge in [-0.1, -0.05) is 0 Å². The molecule has 2 fully saturated rings. The van der Waals surface area contributed by atoms with E-state index in [-0.39, 0.29) is 6.61 Å². The third-order valence-electron chi connectivity index (χ3n) is 3.08. The van der Waals surface area contributed by atoms with Crippen LogP contribution in [0.4, 0.5) is 0 Å². The molecule has 5 atom stereocenters. The van der Waals surface area contributed by atoms with E-state index in [0.29, 0.717) is 0 Å². The van der Waals surface area contributed by atoms with Gasteiger partial charge in [-0.2, -0.15) is 0 Å². The lowest BCUT2D eigenvalue weighted by Crippen LogP contribution is -2.40. The summed E-state index contributed by atoms with van der Waals surface area (Å²) in [6, 6.07) is 0. The molecule has 0 radical (unpaired) electrons. The summed E-state index contributed by atoms with van der Waals surface area (Å²) in [5.74, 6) is -1.37. The Hall–Kier alpha value is -0.400. The van der Waals surface area contributed by atoms with Gasteiger partial charge in [-0.3, -0.25) is 4.79 Å². The van der Waals surface area contributed by atoms with Crippen molar-refractivity contribution in [3.63, 3.8) is 0 Å². The number of esters is 1. The molecule has 0 aromatic rings. The third kappa shape index (κ3) is 2.35. The molecule has 6 nitrogen and oxygen atoms in total. The Balaban J connectivity index is 2.16. The summed E-state index contributed by atoms with van der Waals surface area (Å²) in [6.45, 7) is 3.30. The zero-order chi connectivity index (χ0) is 13.5. The van der Waals surface area contributed by atoms with E-state index in [4.69, 9.17) is 25.8 Å². The molecule has 2 heterocycles. The van der Waals surface area contributed by atoms with E-state index in [1.165, 1.54) is 7.11 Å². The Morgan fingerprint density at radius 3 is 2.61 bits per heavy atom. The Kier molecular flexibility index (Phi) is 3.85. The number of aliphatic hydroxyl groups excluding tert-OH is 1. The SMILES string of the molecule is COC(=O)C(Cl)C1OC(CO)C2OC(C)(C)OC21. The van der Waals surface area contributed by atoms with Gasteiger partial charge < -0.3 is 24.1 Å². The van der Waals surface area contributed by atoms with Crippen molar-refractivity contribution in [1.82, 2.24) is 0 Å². The summed E-state index contributed by atoms with van der Waals surface area (Å²) in [5, 5.41) is 8.27. The summed E-state index contributed by atoms with van der Waals surface area (Å²) in [5.41, 5.74) is 0. The highest BCUT2D eigenvalue weighted by atomic mass is 35.5. The minimum absolute atomic E-state index is 0.220. The van der Waals surface area contributed by atoms with Gasteiger partial charge in [0.25, 0.3) is 0 Å². The molecule has 2 saturated heterocycles. The highest BCUT2D eigenvalue weighted by Gasteiger charge is 2.57. The van der Waals surface area contributed by atoms with Gasteiger partial charge in [0, 0.05) is 0 Å². The summed E-state index contributed by atoms with van der Waals surface area (Å²) in [4.78, 5) is 11.5. The fourth-order valence-electron chi connectivity index (χ4n) is 2.34. The van der Waals surface area contributed by atoms with Crippen molar-refractivity contribution in [2.75, 3.05) is 13.7 Å². The van der Waals surface area contributed by atoms with Crippen LogP contribution in [0.3, 0.4) is 0 Å².